The third-order valence-electron chi connectivity index (χ3n) is 15.7. The van der Waals surface area contributed by atoms with Crippen LogP contribution in [-0.4, -0.2) is 13.4 Å². The fraction of sp³-hybridized carbons (Fsp3) is 0.324. The minimum Gasteiger partial charge on any atom is -0.0651 e. The Balaban J connectivity index is 1.40. The SMILES string of the molecule is CC(C)(C)c1cc(C(C)(C)C)c(B2c3ccc(C#Cc4ccccc4)cc3C=Cc3cc4c(cc32)C=Cc2cc(C#Cc3ccccc3)ccc2B4c2c(C(C)(C)C)cc(C(C)(C)C)cc2C(C)(C)C)c(C(C)(C)C)c1. The van der Waals surface area contributed by atoms with Crippen LogP contribution in [0, 0.1) is 23.7 Å². The highest BCUT2D eigenvalue weighted by molar-refractivity contribution is 6.99. The second-order valence-corrected chi connectivity index (χ2v) is 28.0. The zero-order chi connectivity index (χ0) is 54.9. The van der Waals surface area contributed by atoms with Crippen molar-refractivity contribution in [3.8, 4) is 23.7 Å². The van der Waals surface area contributed by atoms with Gasteiger partial charge in [0.25, 0.3) is 0 Å². The topological polar surface area (TPSA) is 0 Å². The molecule has 76 heavy (non-hydrogen) atoms. The summed E-state index contributed by atoms with van der Waals surface area (Å²) in [5.41, 5.74) is 24.8. The first-order valence-corrected chi connectivity index (χ1v) is 27.8. The van der Waals surface area contributed by atoms with Crippen molar-refractivity contribution in [3.63, 3.8) is 0 Å². The molecule has 7 aromatic rings. The predicted molar refractivity (Wildman–Crippen MR) is 336 cm³/mol. The number of hydrogen-bond acceptors (Lipinski definition) is 0. The maximum atomic E-state index is 3.55. The average Bonchev–Trinajstić information content (AvgIpc) is 3.59. The van der Waals surface area contributed by atoms with Crippen LogP contribution in [0.4, 0.5) is 0 Å². The number of rotatable bonds is 2. The predicted octanol–water partition coefficient (Wildman–Crippen LogP) is 14.3. The normalized spacial score (nSPS) is 13.6. The van der Waals surface area contributed by atoms with E-state index in [9.17, 15) is 0 Å². The molecule has 2 heteroatoms. The van der Waals surface area contributed by atoms with Gasteiger partial charge in [-0.1, -0.05) is 290 Å². The minimum atomic E-state index is -0.150. The van der Waals surface area contributed by atoms with Crippen LogP contribution in [0.25, 0.3) is 24.3 Å². The Morgan fingerprint density at radius 3 is 0.816 bits per heavy atom. The summed E-state index contributed by atoms with van der Waals surface area (Å²) in [6.07, 6.45) is 9.62. The maximum absolute atomic E-state index is 3.55. The molecule has 0 nitrogen and oxygen atoms in total. The minimum absolute atomic E-state index is 0.0340. The van der Waals surface area contributed by atoms with Crippen LogP contribution in [0.15, 0.2) is 133 Å². The maximum Gasteiger partial charge on any atom is 0.243 e. The molecule has 0 radical (unpaired) electrons. The van der Waals surface area contributed by atoms with Crippen molar-refractivity contribution in [1.82, 2.24) is 0 Å². The van der Waals surface area contributed by atoms with Gasteiger partial charge >= 0.3 is 0 Å². The van der Waals surface area contributed by atoms with Crippen molar-refractivity contribution < 1.29 is 0 Å². The molecule has 0 unspecified atom stereocenters. The van der Waals surface area contributed by atoms with E-state index in [1.165, 1.54) is 88.4 Å². The van der Waals surface area contributed by atoms with Crippen molar-refractivity contribution in [2.75, 3.05) is 0 Å². The van der Waals surface area contributed by atoms with Gasteiger partial charge in [-0.25, -0.2) is 0 Å². The second-order valence-electron chi connectivity index (χ2n) is 28.0. The summed E-state index contributed by atoms with van der Waals surface area (Å²) in [6, 6.07) is 50.1. The standard InChI is InChI=1S/C74H80B2/c1-69(2,3)57-45-59(71(7,8)9)67(60(46-57)72(10,11)12)75-63-39-33-51(31-29-49-25-21-19-22-26-49)41-53(63)35-37-55-44-66-56(43-65(55)75)38-36-54-42-52(32-30-50-27-23-20-24-28-50)34-40-64(54)76(66)68-61(73(13,14)15)47-58(70(4,5)6)48-62(68)74(16,17)18/h19-28,33-48H,1-18H3. The first-order valence-electron chi connectivity index (χ1n) is 27.8. The fourth-order valence-corrected chi connectivity index (χ4v) is 11.5. The highest BCUT2D eigenvalue weighted by atomic mass is 14.4. The van der Waals surface area contributed by atoms with Gasteiger partial charge in [-0.2, -0.15) is 0 Å². The van der Waals surface area contributed by atoms with Crippen LogP contribution in [0.2, 0.25) is 0 Å². The summed E-state index contributed by atoms with van der Waals surface area (Å²) >= 11 is 0. The van der Waals surface area contributed by atoms with Gasteiger partial charge < -0.3 is 0 Å². The van der Waals surface area contributed by atoms with Gasteiger partial charge in [0, 0.05) is 22.3 Å². The monoisotopic (exact) mass is 991 g/mol. The molecule has 7 aromatic carbocycles. The van der Waals surface area contributed by atoms with E-state index >= 15 is 0 Å². The van der Waals surface area contributed by atoms with Gasteiger partial charge in [-0.05, 0) is 137 Å². The summed E-state index contributed by atoms with van der Waals surface area (Å²) in [5.74, 6) is 14.0. The molecule has 2 aliphatic heterocycles. The Bertz CT molecular complexity index is 3260. The third-order valence-corrected chi connectivity index (χ3v) is 15.7. The zero-order valence-corrected chi connectivity index (χ0v) is 49.2. The first-order chi connectivity index (χ1) is 35.5. The number of benzene rings is 7. The molecule has 0 atom stereocenters. The van der Waals surface area contributed by atoms with E-state index < -0.39 is 0 Å². The van der Waals surface area contributed by atoms with Crippen LogP contribution in [-0.2, 0) is 32.5 Å². The molecule has 382 valence electrons. The van der Waals surface area contributed by atoms with Gasteiger partial charge in [0.1, 0.15) is 0 Å². The molecule has 9 rings (SSSR count). The Labute approximate surface area is 460 Å². The molecule has 0 saturated carbocycles. The Kier molecular flexibility index (Phi) is 14.0. The molecule has 0 bridgehead atoms. The van der Waals surface area contributed by atoms with E-state index in [0.29, 0.717) is 0 Å². The molecule has 0 aliphatic carbocycles. The van der Waals surface area contributed by atoms with Gasteiger partial charge in [0.15, 0.2) is 0 Å². The van der Waals surface area contributed by atoms with Crippen LogP contribution in [0.5, 0.6) is 0 Å². The summed E-state index contributed by atoms with van der Waals surface area (Å²) in [6.45, 7) is 43.0. The Morgan fingerprint density at radius 1 is 0.263 bits per heavy atom. The third kappa shape index (κ3) is 11.1. The van der Waals surface area contributed by atoms with Crippen LogP contribution < -0.4 is 32.8 Å². The van der Waals surface area contributed by atoms with Crippen molar-refractivity contribution in [2.24, 2.45) is 0 Å². The lowest BCUT2D eigenvalue weighted by Gasteiger charge is -2.37. The Hall–Kier alpha value is -6.73. The average molecular weight is 991 g/mol. The van der Waals surface area contributed by atoms with Gasteiger partial charge in [0.05, 0.1) is 0 Å². The quantitative estimate of drug-likeness (QED) is 0.120. The van der Waals surface area contributed by atoms with E-state index in [2.05, 4.69) is 294 Å². The summed E-state index contributed by atoms with van der Waals surface area (Å²) in [4.78, 5) is 0. The van der Waals surface area contributed by atoms with E-state index in [0.717, 1.165) is 22.3 Å². The summed E-state index contributed by atoms with van der Waals surface area (Å²) in [5, 5.41) is 0. The van der Waals surface area contributed by atoms with Crippen LogP contribution in [0.1, 0.15) is 203 Å². The van der Waals surface area contributed by atoms with E-state index in [4.69, 9.17) is 0 Å². The number of fused-ring (bicyclic) bond motifs is 4. The molecule has 2 heterocycles. The van der Waals surface area contributed by atoms with E-state index in [1.54, 1.807) is 0 Å². The van der Waals surface area contributed by atoms with Crippen molar-refractivity contribution >= 4 is 70.5 Å². The highest BCUT2D eigenvalue weighted by Gasteiger charge is 2.41. The molecule has 2 aliphatic rings. The molecule has 0 N–H and O–H groups in total. The molecule has 0 aromatic heterocycles. The lowest BCUT2D eigenvalue weighted by atomic mass is 9.31. The van der Waals surface area contributed by atoms with Crippen LogP contribution in [0.3, 0.4) is 0 Å². The summed E-state index contributed by atoms with van der Waals surface area (Å²) in [7, 11) is 0. The van der Waals surface area contributed by atoms with E-state index in [1.807, 2.05) is 12.1 Å². The van der Waals surface area contributed by atoms with Crippen LogP contribution >= 0.6 is 0 Å². The second kappa shape index (κ2) is 19.7. The fourth-order valence-electron chi connectivity index (χ4n) is 11.5. The van der Waals surface area contributed by atoms with Gasteiger partial charge in [-0.3, -0.25) is 0 Å². The van der Waals surface area contributed by atoms with Crippen molar-refractivity contribution in [3.05, 3.63) is 211 Å². The zero-order valence-electron chi connectivity index (χ0n) is 49.2. The van der Waals surface area contributed by atoms with Gasteiger partial charge in [0.2, 0.25) is 13.4 Å². The lowest BCUT2D eigenvalue weighted by Crippen LogP contribution is -2.60. The smallest absolute Gasteiger partial charge is 0.0651 e. The molecule has 0 spiro atoms. The molecule has 0 saturated heterocycles. The molecular weight excluding hydrogens is 910 g/mol. The summed E-state index contributed by atoms with van der Waals surface area (Å²) < 4.78 is 0. The van der Waals surface area contributed by atoms with Crippen molar-refractivity contribution in [1.29, 1.82) is 0 Å². The molecular formula is C74H80B2. The lowest BCUT2D eigenvalue weighted by molar-refractivity contribution is 0.552. The Morgan fingerprint density at radius 2 is 0.539 bits per heavy atom. The van der Waals surface area contributed by atoms with Crippen molar-refractivity contribution in [2.45, 2.75) is 157 Å². The molecule has 0 amide bonds. The number of hydrogen-bond donors (Lipinski definition) is 0. The van der Waals surface area contributed by atoms with E-state index in [-0.39, 0.29) is 45.9 Å². The van der Waals surface area contributed by atoms with Gasteiger partial charge in [-0.15, -0.1) is 0 Å². The molecule has 0 fully saturated rings. The highest BCUT2D eigenvalue weighted by Crippen LogP contribution is 2.37. The largest absolute Gasteiger partial charge is 0.243 e. The first kappa shape index (κ1) is 54.1.